The first kappa shape index (κ1) is 17.7. The highest BCUT2D eigenvalue weighted by Gasteiger charge is 2.18. The first-order valence-electron chi connectivity index (χ1n) is 7.26. The van der Waals surface area contributed by atoms with Crippen LogP contribution in [0.3, 0.4) is 0 Å². The number of ether oxygens (including phenoxy) is 1. The molecule has 0 aromatic heterocycles. The molecule has 126 valence electrons. The topological polar surface area (TPSA) is 81.5 Å². The second kappa shape index (κ2) is 7.31. The molecule has 0 heterocycles. The van der Waals surface area contributed by atoms with Gasteiger partial charge in [0.1, 0.15) is 5.75 Å². The summed E-state index contributed by atoms with van der Waals surface area (Å²) in [6.45, 7) is 5.41. The first-order chi connectivity index (χ1) is 11.3. The van der Waals surface area contributed by atoms with Crippen molar-refractivity contribution >= 4 is 28.9 Å². The monoisotopic (exact) mass is 348 g/mol. The van der Waals surface area contributed by atoms with Crippen LogP contribution in [0.2, 0.25) is 5.02 Å². The zero-order valence-corrected chi connectivity index (χ0v) is 14.3. The van der Waals surface area contributed by atoms with Crippen molar-refractivity contribution in [2.75, 3.05) is 5.32 Å². The zero-order chi connectivity index (χ0) is 17.9. The van der Waals surface area contributed by atoms with Crippen LogP contribution in [0.15, 0.2) is 36.4 Å². The van der Waals surface area contributed by atoms with Crippen LogP contribution in [-0.4, -0.2) is 16.9 Å². The van der Waals surface area contributed by atoms with Crippen LogP contribution in [0, 0.1) is 24.0 Å². The Hall–Kier alpha value is -2.60. The van der Waals surface area contributed by atoms with E-state index in [0.717, 1.165) is 11.1 Å². The van der Waals surface area contributed by atoms with Gasteiger partial charge in [-0.2, -0.15) is 0 Å². The maximum atomic E-state index is 12.3. The molecule has 24 heavy (non-hydrogen) atoms. The van der Waals surface area contributed by atoms with E-state index in [4.69, 9.17) is 16.3 Å². The van der Waals surface area contributed by atoms with Crippen LogP contribution in [0.4, 0.5) is 11.4 Å². The minimum absolute atomic E-state index is 0.0792. The fourth-order valence-electron chi connectivity index (χ4n) is 2.05. The first-order valence-corrected chi connectivity index (χ1v) is 7.64. The highest BCUT2D eigenvalue weighted by Crippen LogP contribution is 2.29. The van der Waals surface area contributed by atoms with Gasteiger partial charge in [-0.25, -0.2) is 0 Å². The molecule has 1 atom stereocenters. The average Bonchev–Trinajstić information content (AvgIpc) is 2.52. The highest BCUT2D eigenvalue weighted by molar-refractivity contribution is 6.32. The Balaban J connectivity index is 2.09. The molecule has 0 saturated carbocycles. The van der Waals surface area contributed by atoms with Crippen molar-refractivity contribution in [3.8, 4) is 5.75 Å². The van der Waals surface area contributed by atoms with E-state index >= 15 is 0 Å². The molecule has 0 aliphatic heterocycles. The van der Waals surface area contributed by atoms with Crippen molar-refractivity contribution in [1.29, 1.82) is 0 Å². The Bertz CT molecular complexity index is 792. The number of nitrogens with zero attached hydrogens (tertiary/aromatic N) is 1. The minimum Gasteiger partial charge on any atom is -0.479 e. The number of anilines is 1. The number of non-ortho nitro benzene ring substituents is 1. The maximum absolute atomic E-state index is 12.3. The summed E-state index contributed by atoms with van der Waals surface area (Å²) in [6.07, 6.45) is -0.816. The van der Waals surface area contributed by atoms with Crippen LogP contribution in [0.5, 0.6) is 5.75 Å². The van der Waals surface area contributed by atoms with Crippen molar-refractivity contribution in [2.45, 2.75) is 26.9 Å². The summed E-state index contributed by atoms with van der Waals surface area (Å²) in [5.74, 6) is -0.121. The van der Waals surface area contributed by atoms with Gasteiger partial charge in [0, 0.05) is 17.8 Å². The number of benzene rings is 2. The SMILES string of the molecule is Cc1ccc(C)c(NC(=O)[C@H](C)Oc2ccc([N+](=O)[O-])cc2Cl)c1. The molecule has 0 radical (unpaired) electrons. The van der Waals surface area contributed by atoms with Gasteiger partial charge in [0.25, 0.3) is 11.6 Å². The molecular weight excluding hydrogens is 332 g/mol. The van der Waals surface area contributed by atoms with Crippen molar-refractivity contribution in [1.82, 2.24) is 0 Å². The molecule has 0 aliphatic carbocycles. The Morgan fingerprint density at radius 1 is 1.25 bits per heavy atom. The van der Waals surface area contributed by atoms with E-state index in [1.807, 2.05) is 32.0 Å². The van der Waals surface area contributed by atoms with Crippen molar-refractivity contribution in [2.24, 2.45) is 0 Å². The molecule has 1 N–H and O–H groups in total. The van der Waals surface area contributed by atoms with Gasteiger partial charge in [-0.3, -0.25) is 14.9 Å². The third-order valence-electron chi connectivity index (χ3n) is 3.45. The fraction of sp³-hybridized carbons (Fsp3) is 0.235. The van der Waals surface area contributed by atoms with E-state index < -0.39 is 11.0 Å². The van der Waals surface area contributed by atoms with E-state index in [-0.39, 0.29) is 22.4 Å². The van der Waals surface area contributed by atoms with E-state index in [2.05, 4.69) is 5.32 Å². The Labute approximate surface area is 144 Å². The number of amides is 1. The van der Waals surface area contributed by atoms with Gasteiger partial charge >= 0.3 is 0 Å². The number of nitro benzene ring substituents is 1. The molecule has 2 aromatic carbocycles. The molecule has 0 spiro atoms. The van der Waals surface area contributed by atoms with E-state index in [0.29, 0.717) is 5.69 Å². The molecule has 7 heteroatoms. The molecule has 0 aliphatic rings. The summed E-state index contributed by atoms with van der Waals surface area (Å²) in [5.41, 5.74) is 2.54. The number of carbonyl (C=O) groups is 1. The van der Waals surface area contributed by atoms with Gasteiger partial charge in [-0.1, -0.05) is 23.7 Å². The number of carbonyl (C=O) groups excluding carboxylic acids is 1. The summed E-state index contributed by atoms with van der Waals surface area (Å²) >= 11 is 5.97. The quantitative estimate of drug-likeness (QED) is 0.646. The lowest BCUT2D eigenvalue weighted by molar-refractivity contribution is -0.384. The maximum Gasteiger partial charge on any atom is 0.271 e. The second-order valence-electron chi connectivity index (χ2n) is 5.44. The summed E-state index contributed by atoms with van der Waals surface area (Å²) in [7, 11) is 0. The number of nitro groups is 1. The normalized spacial score (nSPS) is 11.7. The smallest absolute Gasteiger partial charge is 0.271 e. The number of hydrogen-bond acceptors (Lipinski definition) is 4. The Morgan fingerprint density at radius 3 is 2.58 bits per heavy atom. The number of hydrogen-bond donors (Lipinski definition) is 1. The molecule has 2 aromatic rings. The number of rotatable bonds is 5. The third kappa shape index (κ3) is 4.23. The van der Waals surface area contributed by atoms with Gasteiger partial charge in [0.2, 0.25) is 0 Å². The molecule has 1 amide bonds. The highest BCUT2D eigenvalue weighted by atomic mass is 35.5. The van der Waals surface area contributed by atoms with Crippen LogP contribution >= 0.6 is 11.6 Å². The lowest BCUT2D eigenvalue weighted by Crippen LogP contribution is -2.30. The lowest BCUT2D eigenvalue weighted by atomic mass is 10.1. The van der Waals surface area contributed by atoms with E-state index in [9.17, 15) is 14.9 Å². The molecule has 0 bridgehead atoms. The summed E-state index contributed by atoms with van der Waals surface area (Å²) in [5, 5.41) is 13.6. The van der Waals surface area contributed by atoms with Gasteiger partial charge in [0.15, 0.2) is 6.10 Å². The zero-order valence-electron chi connectivity index (χ0n) is 13.5. The Morgan fingerprint density at radius 2 is 1.96 bits per heavy atom. The number of aryl methyl sites for hydroxylation is 2. The van der Waals surface area contributed by atoms with Gasteiger partial charge < -0.3 is 10.1 Å². The summed E-state index contributed by atoms with van der Waals surface area (Å²) < 4.78 is 5.52. The number of halogens is 1. The van der Waals surface area contributed by atoms with E-state index in [1.54, 1.807) is 6.92 Å². The van der Waals surface area contributed by atoms with Crippen LogP contribution in [-0.2, 0) is 4.79 Å². The van der Waals surface area contributed by atoms with Gasteiger partial charge in [-0.05, 0) is 44.0 Å². The fourth-order valence-corrected chi connectivity index (χ4v) is 2.27. The van der Waals surface area contributed by atoms with Crippen LogP contribution < -0.4 is 10.1 Å². The van der Waals surface area contributed by atoms with Crippen molar-refractivity contribution < 1.29 is 14.5 Å². The van der Waals surface area contributed by atoms with Gasteiger partial charge in [-0.15, -0.1) is 0 Å². The lowest BCUT2D eigenvalue weighted by Gasteiger charge is -2.16. The minimum atomic E-state index is -0.816. The molecule has 0 unspecified atom stereocenters. The summed E-state index contributed by atoms with van der Waals surface area (Å²) in [4.78, 5) is 22.4. The molecule has 6 nitrogen and oxygen atoms in total. The summed E-state index contributed by atoms with van der Waals surface area (Å²) in [6, 6.07) is 9.59. The van der Waals surface area contributed by atoms with Crippen LogP contribution in [0.25, 0.3) is 0 Å². The molecule has 0 fully saturated rings. The third-order valence-corrected chi connectivity index (χ3v) is 3.75. The standard InChI is InChI=1S/C17H17ClN2O4/c1-10-4-5-11(2)15(8-10)19-17(21)12(3)24-16-7-6-13(20(22)23)9-14(16)18/h4-9,12H,1-3H3,(H,19,21)/t12-/m0/s1. The van der Waals surface area contributed by atoms with Crippen LogP contribution in [0.1, 0.15) is 18.1 Å². The number of nitrogens with one attached hydrogen (secondary N) is 1. The van der Waals surface area contributed by atoms with Gasteiger partial charge in [0.05, 0.1) is 9.95 Å². The predicted molar refractivity (Wildman–Crippen MR) is 92.7 cm³/mol. The second-order valence-corrected chi connectivity index (χ2v) is 5.85. The van der Waals surface area contributed by atoms with Crippen molar-refractivity contribution in [3.63, 3.8) is 0 Å². The average molecular weight is 349 g/mol. The molecule has 0 saturated heterocycles. The largest absolute Gasteiger partial charge is 0.479 e. The van der Waals surface area contributed by atoms with E-state index in [1.165, 1.54) is 18.2 Å². The predicted octanol–water partition coefficient (Wildman–Crippen LogP) is 4.27. The van der Waals surface area contributed by atoms with Crippen molar-refractivity contribution in [3.05, 3.63) is 62.7 Å². The molecular formula is C17H17ClN2O4. The Kier molecular flexibility index (Phi) is 5.41. The molecule has 2 rings (SSSR count).